The van der Waals surface area contributed by atoms with E-state index in [0.29, 0.717) is 24.2 Å². The molecule has 1 N–H and O–H groups in total. The summed E-state index contributed by atoms with van der Waals surface area (Å²) >= 11 is 0. The van der Waals surface area contributed by atoms with Gasteiger partial charge in [0.15, 0.2) is 0 Å². The number of hydrogen-bond donors (Lipinski definition) is 1. The first-order valence-corrected chi connectivity index (χ1v) is 10.7. The molecule has 1 fully saturated rings. The Bertz CT molecular complexity index is 843. The van der Waals surface area contributed by atoms with Crippen molar-refractivity contribution in [2.45, 2.75) is 32.9 Å². The SMILES string of the molecule is CCc1ccc(CN2C[C@H]3Cc4nnc(C(=O)NCCN(C)C)n4C[C@@H]3C2)cc1. The van der Waals surface area contributed by atoms with Crippen molar-refractivity contribution in [3.8, 4) is 0 Å². The minimum absolute atomic E-state index is 0.116. The number of likely N-dealkylation sites (tertiary alicyclic amines) is 1. The van der Waals surface area contributed by atoms with Crippen LogP contribution in [0, 0.1) is 11.8 Å². The van der Waals surface area contributed by atoms with E-state index in [-0.39, 0.29) is 5.91 Å². The Kier molecular flexibility index (Phi) is 5.96. The normalized spacial score (nSPS) is 21.2. The molecule has 0 radical (unpaired) electrons. The van der Waals surface area contributed by atoms with Gasteiger partial charge in [-0.15, -0.1) is 10.2 Å². The molecule has 0 unspecified atom stereocenters. The van der Waals surface area contributed by atoms with Crippen molar-refractivity contribution in [2.24, 2.45) is 11.8 Å². The maximum absolute atomic E-state index is 12.5. The number of amides is 1. The largest absolute Gasteiger partial charge is 0.348 e. The molecule has 1 saturated heterocycles. The number of nitrogens with one attached hydrogen (secondary N) is 1. The van der Waals surface area contributed by atoms with Crippen molar-refractivity contribution in [2.75, 3.05) is 40.3 Å². The van der Waals surface area contributed by atoms with Crippen LogP contribution in [0.15, 0.2) is 24.3 Å². The molecule has 3 heterocycles. The van der Waals surface area contributed by atoms with Gasteiger partial charge in [0, 0.05) is 45.7 Å². The monoisotopic (exact) mass is 396 g/mol. The van der Waals surface area contributed by atoms with E-state index in [1.54, 1.807) is 0 Å². The molecule has 1 aromatic carbocycles. The second kappa shape index (κ2) is 8.63. The molecule has 29 heavy (non-hydrogen) atoms. The standard InChI is InChI=1S/C22H32N6O/c1-4-16-5-7-17(8-6-16)12-27-13-18-11-20-24-25-21(28(20)15-19(18)14-27)22(29)23-9-10-26(2)3/h5-8,18-19H,4,9-15H2,1-3H3,(H,23,29)/t18-,19+/m1/s1. The molecule has 0 bridgehead atoms. The predicted molar refractivity (Wildman–Crippen MR) is 113 cm³/mol. The Morgan fingerprint density at radius 3 is 2.55 bits per heavy atom. The second-order valence-electron chi connectivity index (χ2n) is 8.70. The summed E-state index contributed by atoms with van der Waals surface area (Å²) in [6.07, 6.45) is 1.99. The number of carbonyl (C=O) groups is 1. The molecule has 2 aliphatic rings. The van der Waals surface area contributed by atoms with Gasteiger partial charge in [-0.2, -0.15) is 0 Å². The van der Waals surface area contributed by atoms with Crippen LogP contribution in [0.2, 0.25) is 0 Å². The minimum Gasteiger partial charge on any atom is -0.348 e. The van der Waals surface area contributed by atoms with E-state index in [9.17, 15) is 4.79 Å². The second-order valence-corrected chi connectivity index (χ2v) is 8.70. The number of aryl methyl sites for hydroxylation is 1. The van der Waals surface area contributed by atoms with Crippen molar-refractivity contribution in [3.05, 3.63) is 47.0 Å². The summed E-state index contributed by atoms with van der Waals surface area (Å²) in [6, 6.07) is 8.99. The van der Waals surface area contributed by atoms with Gasteiger partial charge in [-0.05, 0) is 43.5 Å². The Morgan fingerprint density at radius 1 is 1.10 bits per heavy atom. The van der Waals surface area contributed by atoms with Crippen LogP contribution in [-0.4, -0.2) is 70.7 Å². The first-order chi connectivity index (χ1) is 14.0. The quantitative estimate of drug-likeness (QED) is 0.767. The van der Waals surface area contributed by atoms with Gasteiger partial charge in [0.05, 0.1) is 0 Å². The summed E-state index contributed by atoms with van der Waals surface area (Å²) in [5, 5.41) is 11.5. The van der Waals surface area contributed by atoms with Crippen molar-refractivity contribution in [1.29, 1.82) is 0 Å². The van der Waals surface area contributed by atoms with Crippen molar-refractivity contribution >= 4 is 5.91 Å². The van der Waals surface area contributed by atoms with Crippen LogP contribution in [0.25, 0.3) is 0 Å². The van der Waals surface area contributed by atoms with Crippen LogP contribution in [0.4, 0.5) is 0 Å². The molecule has 1 amide bonds. The summed E-state index contributed by atoms with van der Waals surface area (Å²) in [7, 11) is 3.99. The molecule has 2 aliphatic heterocycles. The van der Waals surface area contributed by atoms with E-state index in [1.807, 2.05) is 23.6 Å². The average Bonchev–Trinajstić information content (AvgIpc) is 3.28. The molecule has 156 valence electrons. The van der Waals surface area contributed by atoms with E-state index >= 15 is 0 Å². The average molecular weight is 397 g/mol. The third-order valence-electron chi connectivity index (χ3n) is 6.23. The molecule has 7 nitrogen and oxygen atoms in total. The number of likely N-dealkylation sites (N-methyl/N-ethyl adjacent to an activating group) is 1. The highest BCUT2D eigenvalue weighted by Gasteiger charge is 2.39. The molecule has 0 aliphatic carbocycles. The first kappa shape index (κ1) is 20.0. The fraction of sp³-hybridized carbons (Fsp3) is 0.591. The zero-order chi connectivity index (χ0) is 20.4. The van der Waals surface area contributed by atoms with E-state index in [4.69, 9.17) is 0 Å². The third kappa shape index (κ3) is 4.51. The lowest BCUT2D eigenvalue weighted by Gasteiger charge is -2.25. The maximum Gasteiger partial charge on any atom is 0.289 e. The van der Waals surface area contributed by atoms with Gasteiger partial charge < -0.3 is 14.8 Å². The number of hydrogen-bond acceptors (Lipinski definition) is 5. The lowest BCUT2D eigenvalue weighted by molar-refractivity contribution is 0.0932. The van der Waals surface area contributed by atoms with Crippen molar-refractivity contribution in [3.63, 3.8) is 0 Å². The van der Waals surface area contributed by atoms with Gasteiger partial charge in [-0.1, -0.05) is 31.2 Å². The number of carbonyl (C=O) groups excluding carboxylic acids is 1. The van der Waals surface area contributed by atoms with Crippen molar-refractivity contribution < 1.29 is 4.79 Å². The van der Waals surface area contributed by atoms with E-state index in [1.165, 1.54) is 11.1 Å². The number of aromatic nitrogens is 3. The molecule has 7 heteroatoms. The van der Waals surface area contributed by atoms with E-state index in [2.05, 4.69) is 51.6 Å². The number of rotatable bonds is 7. The lowest BCUT2D eigenvalue weighted by Crippen LogP contribution is -2.35. The molecular formula is C22H32N6O. The van der Waals surface area contributed by atoms with Crippen LogP contribution < -0.4 is 5.32 Å². The highest BCUT2D eigenvalue weighted by molar-refractivity contribution is 5.90. The van der Waals surface area contributed by atoms with Gasteiger partial charge in [-0.3, -0.25) is 9.69 Å². The molecule has 1 aromatic heterocycles. The Balaban J connectivity index is 1.37. The number of fused-ring (bicyclic) bond motifs is 2. The lowest BCUT2D eigenvalue weighted by atomic mass is 9.89. The summed E-state index contributed by atoms with van der Waals surface area (Å²) in [5.74, 6) is 2.46. The Labute approximate surface area is 173 Å². The van der Waals surface area contributed by atoms with Gasteiger partial charge >= 0.3 is 0 Å². The highest BCUT2D eigenvalue weighted by Crippen LogP contribution is 2.33. The molecule has 2 atom stereocenters. The summed E-state index contributed by atoms with van der Waals surface area (Å²) in [5.41, 5.74) is 2.76. The summed E-state index contributed by atoms with van der Waals surface area (Å²) < 4.78 is 2.05. The fourth-order valence-corrected chi connectivity index (χ4v) is 4.53. The van der Waals surface area contributed by atoms with Gasteiger partial charge in [0.2, 0.25) is 5.82 Å². The third-order valence-corrected chi connectivity index (χ3v) is 6.23. The topological polar surface area (TPSA) is 66.3 Å². The first-order valence-electron chi connectivity index (χ1n) is 10.7. The molecule has 0 saturated carbocycles. The van der Waals surface area contributed by atoms with Crippen molar-refractivity contribution in [1.82, 2.24) is 29.9 Å². The van der Waals surface area contributed by atoms with Crippen LogP contribution in [0.3, 0.4) is 0 Å². The Morgan fingerprint density at radius 2 is 1.83 bits per heavy atom. The maximum atomic E-state index is 12.5. The van der Waals surface area contributed by atoms with Crippen LogP contribution >= 0.6 is 0 Å². The minimum atomic E-state index is -0.116. The summed E-state index contributed by atoms with van der Waals surface area (Å²) in [6.45, 7) is 7.62. The zero-order valence-corrected chi connectivity index (χ0v) is 17.8. The molecular weight excluding hydrogens is 364 g/mol. The van der Waals surface area contributed by atoms with Gasteiger partial charge in [0.1, 0.15) is 5.82 Å². The smallest absolute Gasteiger partial charge is 0.289 e. The van der Waals surface area contributed by atoms with Crippen LogP contribution in [0.5, 0.6) is 0 Å². The predicted octanol–water partition coefficient (Wildman–Crippen LogP) is 1.44. The van der Waals surface area contributed by atoms with Crippen LogP contribution in [-0.2, 0) is 25.9 Å². The van der Waals surface area contributed by atoms with Gasteiger partial charge in [-0.25, -0.2) is 0 Å². The number of benzene rings is 1. The van der Waals surface area contributed by atoms with Gasteiger partial charge in [0.25, 0.3) is 5.91 Å². The Hall–Kier alpha value is -2.25. The highest BCUT2D eigenvalue weighted by atomic mass is 16.2. The molecule has 2 aromatic rings. The van der Waals surface area contributed by atoms with E-state index in [0.717, 1.165) is 51.4 Å². The zero-order valence-electron chi connectivity index (χ0n) is 17.8. The van der Waals surface area contributed by atoms with Crippen LogP contribution in [0.1, 0.15) is 34.5 Å². The molecule has 0 spiro atoms. The number of nitrogens with zero attached hydrogens (tertiary/aromatic N) is 5. The molecule has 4 rings (SSSR count). The van der Waals surface area contributed by atoms with E-state index < -0.39 is 0 Å². The summed E-state index contributed by atoms with van der Waals surface area (Å²) in [4.78, 5) is 17.1. The fourth-order valence-electron chi connectivity index (χ4n) is 4.53.